The summed E-state index contributed by atoms with van der Waals surface area (Å²) >= 11 is 9.18. The molecule has 3 aromatic rings. The molecule has 0 aliphatic carbocycles. The van der Waals surface area contributed by atoms with E-state index in [4.69, 9.17) is 16.3 Å². The number of anilines is 2. The van der Waals surface area contributed by atoms with E-state index in [-0.39, 0.29) is 10.9 Å². The van der Waals surface area contributed by atoms with E-state index in [9.17, 15) is 14.0 Å². The first-order valence-electron chi connectivity index (χ1n) is 9.83. The Morgan fingerprint density at radius 2 is 1.62 bits per heavy atom. The molecule has 0 spiro atoms. The standard InChI is InChI=1S/C24H21BrClFN2O3/c1-14(2)13-32-22-9-6-16(11-19(22)25)24(31)28-17-5-3-4-15(10-17)23(30)29-18-7-8-21(27)20(26)12-18/h3-12,14H,13H2,1-2H3,(H,28,31)(H,29,30). The van der Waals surface area contributed by atoms with Crippen LogP contribution in [0.2, 0.25) is 5.02 Å². The number of carbonyl (C=O) groups is 2. The number of hydrogen-bond donors (Lipinski definition) is 2. The van der Waals surface area contributed by atoms with E-state index in [2.05, 4.69) is 40.4 Å². The number of hydrogen-bond acceptors (Lipinski definition) is 3. The molecule has 0 bridgehead atoms. The summed E-state index contributed by atoms with van der Waals surface area (Å²) in [6.45, 7) is 4.68. The first-order chi connectivity index (χ1) is 15.2. The summed E-state index contributed by atoms with van der Waals surface area (Å²) in [5.41, 5.74) is 1.57. The third-order valence-electron chi connectivity index (χ3n) is 4.33. The number of rotatable bonds is 7. The van der Waals surface area contributed by atoms with Crippen molar-refractivity contribution in [3.8, 4) is 5.75 Å². The zero-order chi connectivity index (χ0) is 23.3. The number of amides is 2. The van der Waals surface area contributed by atoms with Crippen LogP contribution >= 0.6 is 27.5 Å². The summed E-state index contributed by atoms with van der Waals surface area (Å²) in [6.07, 6.45) is 0. The molecule has 32 heavy (non-hydrogen) atoms. The summed E-state index contributed by atoms with van der Waals surface area (Å²) in [5.74, 6) is -0.271. The van der Waals surface area contributed by atoms with Crippen molar-refractivity contribution in [1.29, 1.82) is 0 Å². The molecule has 5 nitrogen and oxygen atoms in total. The highest BCUT2D eigenvalue weighted by Crippen LogP contribution is 2.27. The fourth-order valence-corrected chi connectivity index (χ4v) is 3.41. The Kier molecular flexibility index (Phi) is 7.88. The van der Waals surface area contributed by atoms with Crippen molar-refractivity contribution in [2.24, 2.45) is 5.92 Å². The first kappa shape index (κ1) is 23.8. The molecule has 2 amide bonds. The maximum Gasteiger partial charge on any atom is 0.255 e. The van der Waals surface area contributed by atoms with E-state index < -0.39 is 11.7 Å². The summed E-state index contributed by atoms with van der Waals surface area (Å²) in [6, 6.07) is 15.5. The molecule has 0 fully saturated rings. The second kappa shape index (κ2) is 10.6. The predicted molar refractivity (Wildman–Crippen MR) is 128 cm³/mol. The molecule has 0 saturated carbocycles. The third-order valence-corrected chi connectivity index (χ3v) is 5.24. The molecular weight excluding hydrogens is 499 g/mol. The van der Waals surface area contributed by atoms with Gasteiger partial charge in [-0.1, -0.05) is 31.5 Å². The van der Waals surface area contributed by atoms with Gasteiger partial charge in [-0.05, 0) is 76.4 Å². The lowest BCUT2D eigenvalue weighted by Gasteiger charge is -2.12. The van der Waals surface area contributed by atoms with Crippen LogP contribution in [0.1, 0.15) is 34.6 Å². The minimum absolute atomic E-state index is 0.0874. The molecule has 8 heteroatoms. The number of benzene rings is 3. The Bertz CT molecular complexity index is 1150. The summed E-state index contributed by atoms with van der Waals surface area (Å²) < 4.78 is 19.7. The quantitative estimate of drug-likeness (QED) is 0.361. The Labute approximate surface area is 199 Å². The number of halogens is 3. The van der Waals surface area contributed by atoms with Crippen molar-refractivity contribution in [3.63, 3.8) is 0 Å². The highest BCUT2D eigenvalue weighted by atomic mass is 79.9. The lowest BCUT2D eigenvalue weighted by molar-refractivity contribution is 0.101. The molecule has 166 valence electrons. The second-order valence-electron chi connectivity index (χ2n) is 7.47. The molecular formula is C24H21BrClFN2O3. The van der Waals surface area contributed by atoms with Crippen LogP contribution in [0.15, 0.2) is 65.1 Å². The van der Waals surface area contributed by atoms with Crippen LogP contribution < -0.4 is 15.4 Å². The maximum absolute atomic E-state index is 13.3. The van der Waals surface area contributed by atoms with Crippen molar-refractivity contribution in [3.05, 3.63) is 87.1 Å². The molecule has 3 aromatic carbocycles. The van der Waals surface area contributed by atoms with Gasteiger partial charge in [0.2, 0.25) is 0 Å². The Morgan fingerprint density at radius 3 is 2.25 bits per heavy atom. The lowest BCUT2D eigenvalue weighted by atomic mass is 10.1. The SMILES string of the molecule is CC(C)COc1ccc(C(=O)Nc2cccc(C(=O)Nc3ccc(F)c(Cl)c3)c2)cc1Br. The van der Waals surface area contributed by atoms with Crippen LogP contribution in [0.3, 0.4) is 0 Å². The average molecular weight is 520 g/mol. The lowest BCUT2D eigenvalue weighted by Crippen LogP contribution is -2.15. The topological polar surface area (TPSA) is 67.4 Å². The Hall–Kier alpha value is -2.90. The van der Waals surface area contributed by atoms with E-state index >= 15 is 0 Å². The van der Waals surface area contributed by atoms with Crippen LogP contribution in [-0.2, 0) is 0 Å². The van der Waals surface area contributed by atoms with E-state index in [1.165, 1.54) is 18.2 Å². The molecule has 0 atom stereocenters. The second-order valence-corrected chi connectivity index (χ2v) is 8.73. The zero-order valence-corrected chi connectivity index (χ0v) is 19.8. The average Bonchev–Trinajstić information content (AvgIpc) is 2.75. The normalized spacial score (nSPS) is 10.7. The van der Waals surface area contributed by atoms with E-state index in [1.807, 2.05) is 0 Å². The number of nitrogens with one attached hydrogen (secondary N) is 2. The van der Waals surface area contributed by atoms with Crippen molar-refractivity contribution < 1.29 is 18.7 Å². The van der Waals surface area contributed by atoms with Gasteiger partial charge >= 0.3 is 0 Å². The van der Waals surface area contributed by atoms with Crippen LogP contribution in [0.25, 0.3) is 0 Å². The van der Waals surface area contributed by atoms with Crippen molar-refractivity contribution in [2.45, 2.75) is 13.8 Å². The van der Waals surface area contributed by atoms with Gasteiger partial charge in [-0.3, -0.25) is 9.59 Å². The van der Waals surface area contributed by atoms with Crippen molar-refractivity contribution >= 4 is 50.7 Å². The van der Waals surface area contributed by atoms with Gasteiger partial charge in [-0.15, -0.1) is 0 Å². The number of carbonyl (C=O) groups excluding carboxylic acids is 2. The van der Waals surface area contributed by atoms with Crippen LogP contribution in [0.4, 0.5) is 15.8 Å². The van der Waals surface area contributed by atoms with E-state index in [0.29, 0.717) is 45.2 Å². The molecule has 0 aliphatic rings. The fraction of sp³-hybridized carbons (Fsp3) is 0.167. The first-order valence-corrected chi connectivity index (χ1v) is 11.0. The monoisotopic (exact) mass is 518 g/mol. The molecule has 0 aromatic heterocycles. The van der Waals surface area contributed by atoms with Crippen LogP contribution in [-0.4, -0.2) is 18.4 Å². The van der Waals surface area contributed by atoms with Crippen LogP contribution in [0.5, 0.6) is 5.75 Å². The predicted octanol–water partition coefficient (Wildman–Crippen LogP) is 6.78. The van der Waals surface area contributed by atoms with E-state index in [0.717, 1.165) is 0 Å². The molecule has 0 unspecified atom stereocenters. The van der Waals surface area contributed by atoms with E-state index in [1.54, 1.807) is 42.5 Å². The van der Waals surface area contributed by atoms with Crippen LogP contribution in [0, 0.1) is 11.7 Å². The minimum atomic E-state index is -0.569. The summed E-state index contributed by atoms with van der Waals surface area (Å²) in [4.78, 5) is 25.2. The Balaban J connectivity index is 1.68. The van der Waals surface area contributed by atoms with Crippen molar-refractivity contribution in [1.82, 2.24) is 0 Å². The third kappa shape index (κ3) is 6.31. The Morgan fingerprint density at radius 1 is 0.969 bits per heavy atom. The highest BCUT2D eigenvalue weighted by Gasteiger charge is 2.13. The largest absolute Gasteiger partial charge is 0.492 e. The summed E-state index contributed by atoms with van der Waals surface area (Å²) in [7, 11) is 0. The van der Waals surface area contributed by atoms with Gasteiger partial charge in [-0.2, -0.15) is 0 Å². The van der Waals surface area contributed by atoms with Gasteiger partial charge < -0.3 is 15.4 Å². The smallest absolute Gasteiger partial charge is 0.255 e. The van der Waals surface area contributed by atoms with Gasteiger partial charge in [0.15, 0.2) is 0 Å². The molecule has 0 aliphatic heterocycles. The van der Waals surface area contributed by atoms with Crippen molar-refractivity contribution in [2.75, 3.05) is 17.2 Å². The van der Waals surface area contributed by atoms with Gasteiger partial charge in [0.1, 0.15) is 11.6 Å². The fourth-order valence-electron chi connectivity index (χ4n) is 2.73. The molecule has 0 heterocycles. The van der Waals surface area contributed by atoms with Gasteiger partial charge in [0.25, 0.3) is 11.8 Å². The molecule has 3 rings (SSSR count). The molecule has 0 radical (unpaired) electrons. The van der Waals surface area contributed by atoms with Gasteiger partial charge in [-0.25, -0.2) is 4.39 Å². The highest BCUT2D eigenvalue weighted by molar-refractivity contribution is 9.10. The minimum Gasteiger partial charge on any atom is -0.492 e. The summed E-state index contributed by atoms with van der Waals surface area (Å²) in [5, 5.41) is 5.34. The van der Waals surface area contributed by atoms with Gasteiger partial charge in [0, 0.05) is 22.5 Å². The van der Waals surface area contributed by atoms with Gasteiger partial charge in [0.05, 0.1) is 16.1 Å². The number of ether oxygens (including phenoxy) is 1. The molecule has 0 saturated heterocycles. The zero-order valence-electron chi connectivity index (χ0n) is 17.4. The maximum atomic E-state index is 13.3. The molecule has 2 N–H and O–H groups in total.